The van der Waals surface area contributed by atoms with Crippen molar-refractivity contribution in [1.29, 1.82) is 0 Å². The normalized spacial score (nSPS) is 21.4. The molecule has 1 aliphatic rings. The first-order valence-electron chi connectivity index (χ1n) is 5.54. The zero-order chi connectivity index (χ0) is 12.8. The lowest BCUT2D eigenvalue weighted by Crippen LogP contribution is -2.24. The average Bonchev–Trinajstić information content (AvgIpc) is 2.72. The lowest BCUT2D eigenvalue weighted by atomic mass is 10.2. The van der Waals surface area contributed by atoms with Gasteiger partial charge in [-0.05, 0) is 12.0 Å². The van der Waals surface area contributed by atoms with Gasteiger partial charge in [0.25, 0.3) is 0 Å². The maximum Gasteiger partial charge on any atom is 0.239 e. The minimum atomic E-state index is -0.131. The summed E-state index contributed by atoms with van der Waals surface area (Å²) in [6.07, 6.45) is 4.02. The molecule has 1 aromatic rings. The number of nitrogens with one attached hydrogen (secondary N) is 1. The molecule has 0 aromatic heterocycles. The van der Waals surface area contributed by atoms with Crippen molar-refractivity contribution in [1.82, 2.24) is 5.32 Å². The third-order valence-electron chi connectivity index (χ3n) is 2.31. The fourth-order valence-corrected chi connectivity index (χ4v) is 2.37. The molecule has 1 amide bonds. The average molecular weight is 259 g/mol. The first-order chi connectivity index (χ1) is 8.79. The van der Waals surface area contributed by atoms with E-state index in [0.29, 0.717) is 11.6 Å². The molecule has 2 rings (SSSR count). The van der Waals surface area contributed by atoms with E-state index in [1.165, 1.54) is 11.8 Å². The van der Waals surface area contributed by atoms with Crippen molar-refractivity contribution in [2.24, 2.45) is 10.2 Å². The summed E-state index contributed by atoms with van der Waals surface area (Å²) in [6, 6.07) is 9.67. The molecule has 0 saturated carbocycles. The number of thioether (sulfide) groups is 1. The van der Waals surface area contributed by atoms with E-state index >= 15 is 0 Å². The van der Waals surface area contributed by atoms with Gasteiger partial charge < -0.3 is 5.32 Å². The molecule has 0 bridgehead atoms. The first-order valence-corrected chi connectivity index (χ1v) is 6.42. The smallest absolute Gasteiger partial charge is 0.239 e. The van der Waals surface area contributed by atoms with Crippen LogP contribution in [-0.2, 0) is 4.79 Å². The van der Waals surface area contributed by atoms with Crippen LogP contribution in [0.15, 0.2) is 53.2 Å². The molecule has 1 aromatic carbocycles. The Morgan fingerprint density at radius 3 is 2.89 bits per heavy atom. The third-order valence-corrected chi connectivity index (χ3v) is 3.41. The third kappa shape index (κ3) is 3.30. The van der Waals surface area contributed by atoms with E-state index in [-0.39, 0.29) is 11.2 Å². The monoisotopic (exact) mass is 259 g/mol. The second kappa shape index (κ2) is 6.16. The molecule has 1 aliphatic heterocycles. The molecule has 0 radical (unpaired) electrons. The Hall–Kier alpha value is -1.88. The lowest BCUT2D eigenvalue weighted by Gasteiger charge is -1.96. The van der Waals surface area contributed by atoms with Crippen LogP contribution in [0.2, 0.25) is 0 Å². The van der Waals surface area contributed by atoms with Crippen LogP contribution in [0.3, 0.4) is 0 Å². The highest BCUT2D eigenvalue weighted by Gasteiger charge is 2.28. The van der Waals surface area contributed by atoms with Crippen molar-refractivity contribution in [2.75, 3.05) is 0 Å². The molecule has 5 heteroatoms. The largest absolute Gasteiger partial charge is 0.303 e. The molecule has 1 unspecified atom stereocenters. The fourth-order valence-electron chi connectivity index (χ4n) is 1.45. The maximum absolute atomic E-state index is 11.5. The van der Waals surface area contributed by atoms with Crippen LogP contribution in [-0.4, -0.2) is 22.5 Å². The van der Waals surface area contributed by atoms with Crippen molar-refractivity contribution in [3.63, 3.8) is 0 Å². The molecule has 1 atom stereocenters. The van der Waals surface area contributed by atoms with Gasteiger partial charge in [0.05, 0.1) is 11.5 Å². The Morgan fingerprint density at radius 1 is 1.39 bits per heavy atom. The minimum Gasteiger partial charge on any atom is -0.303 e. The van der Waals surface area contributed by atoms with Gasteiger partial charge in [-0.25, -0.2) is 0 Å². The number of hydrogen-bond acceptors (Lipinski definition) is 4. The lowest BCUT2D eigenvalue weighted by molar-refractivity contribution is -0.118. The van der Waals surface area contributed by atoms with Crippen molar-refractivity contribution >= 4 is 29.1 Å². The van der Waals surface area contributed by atoms with Gasteiger partial charge in [0.2, 0.25) is 5.91 Å². The molecule has 4 nitrogen and oxygen atoms in total. The zero-order valence-electron chi connectivity index (χ0n) is 9.74. The van der Waals surface area contributed by atoms with Crippen LogP contribution in [0.4, 0.5) is 0 Å². The SMILES string of the molecule is C=CCC1S/C(=N\N=C/c2ccccc2)NC1=O. The first kappa shape index (κ1) is 12.6. The van der Waals surface area contributed by atoms with E-state index in [1.807, 2.05) is 30.3 Å². The highest BCUT2D eigenvalue weighted by molar-refractivity contribution is 8.15. The van der Waals surface area contributed by atoms with Crippen molar-refractivity contribution in [2.45, 2.75) is 11.7 Å². The number of amides is 1. The van der Waals surface area contributed by atoms with E-state index in [1.54, 1.807) is 12.3 Å². The molecule has 1 heterocycles. The summed E-state index contributed by atoms with van der Waals surface area (Å²) < 4.78 is 0. The number of rotatable bonds is 4. The van der Waals surface area contributed by atoms with Gasteiger partial charge in [-0.15, -0.1) is 11.7 Å². The van der Waals surface area contributed by atoms with Gasteiger partial charge in [-0.3, -0.25) is 4.79 Å². The minimum absolute atomic E-state index is 0.0337. The van der Waals surface area contributed by atoms with Crippen LogP contribution in [0.1, 0.15) is 12.0 Å². The van der Waals surface area contributed by atoms with Crippen LogP contribution >= 0.6 is 11.8 Å². The molecule has 1 fully saturated rings. The molecular weight excluding hydrogens is 246 g/mol. The van der Waals surface area contributed by atoms with Gasteiger partial charge in [0.1, 0.15) is 0 Å². The topological polar surface area (TPSA) is 53.8 Å². The summed E-state index contributed by atoms with van der Waals surface area (Å²) in [5.41, 5.74) is 0.971. The van der Waals surface area contributed by atoms with Gasteiger partial charge in [-0.2, -0.15) is 5.10 Å². The van der Waals surface area contributed by atoms with Gasteiger partial charge in [-0.1, -0.05) is 48.2 Å². The van der Waals surface area contributed by atoms with E-state index in [2.05, 4.69) is 22.1 Å². The summed E-state index contributed by atoms with van der Waals surface area (Å²) in [6.45, 7) is 3.62. The number of carbonyl (C=O) groups excluding carboxylic acids is 1. The van der Waals surface area contributed by atoms with Crippen molar-refractivity contribution in [3.8, 4) is 0 Å². The Morgan fingerprint density at radius 2 is 2.17 bits per heavy atom. The van der Waals surface area contributed by atoms with E-state index < -0.39 is 0 Å². The molecule has 0 aliphatic carbocycles. The Bertz CT molecular complexity index is 496. The second-order valence-electron chi connectivity index (χ2n) is 3.68. The van der Waals surface area contributed by atoms with E-state index in [4.69, 9.17) is 0 Å². The summed E-state index contributed by atoms with van der Waals surface area (Å²) >= 11 is 1.38. The number of hydrogen-bond donors (Lipinski definition) is 1. The molecule has 0 spiro atoms. The fraction of sp³-hybridized carbons (Fsp3) is 0.154. The van der Waals surface area contributed by atoms with E-state index in [0.717, 1.165) is 5.56 Å². The van der Waals surface area contributed by atoms with Crippen LogP contribution in [0.25, 0.3) is 0 Å². The molecule has 92 valence electrons. The van der Waals surface area contributed by atoms with Crippen molar-refractivity contribution in [3.05, 3.63) is 48.6 Å². The Kier molecular flexibility index (Phi) is 4.30. The predicted molar refractivity (Wildman–Crippen MR) is 75.8 cm³/mol. The quantitative estimate of drug-likeness (QED) is 0.512. The summed E-state index contributed by atoms with van der Waals surface area (Å²) in [5, 5.41) is 11.0. The molecular formula is C13H13N3OS. The highest BCUT2D eigenvalue weighted by atomic mass is 32.2. The predicted octanol–water partition coefficient (Wildman–Crippen LogP) is 2.18. The number of benzene rings is 1. The number of amidine groups is 1. The van der Waals surface area contributed by atoms with E-state index in [9.17, 15) is 4.79 Å². The van der Waals surface area contributed by atoms with Gasteiger partial charge in [0, 0.05) is 0 Å². The Balaban J connectivity index is 1.97. The summed E-state index contributed by atoms with van der Waals surface area (Å²) in [5.74, 6) is -0.0337. The van der Waals surface area contributed by atoms with Gasteiger partial charge in [0.15, 0.2) is 5.17 Å². The van der Waals surface area contributed by atoms with Crippen LogP contribution in [0.5, 0.6) is 0 Å². The molecule has 18 heavy (non-hydrogen) atoms. The molecule has 1 saturated heterocycles. The second-order valence-corrected chi connectivity index (χ2v) is 4.87. The standard InChI is InChI=1S/C13H13N3OS/c1-2-6-11-12(17)15-13(18-11)16-14-9-10-7-4-3-5-8-10/h2-5,7-9,11H,1,6H2,(H,15,16,17)/b14-9-. The zero-order valence-corrected chi connectivity index (χ0v) is 10.6. The van der Waals surface area contributed by atoms with Gasteiger partial charge >= 0.3 is 0 Å². The van der Waals surface area contributed by atoms with Crippen LogP contribution in [0, 0.1) is 0 Å². The summed E-state index contributed by atoms with van der Waals surface area (Å²) in [4.78, 5) is 11.5. The number of carbonyl (C=O) groups is 1. The maximum atomic E-state index is 11.5. The number of allylic oxidation sites excluding steroid dienone is 1. The number of nitrogens with zero attached hydrogens (tertiary/aromatic N) is 2. The van der Waals surface area contributed by atoms with Crippen molar-refractivity contribution < 1.29 is 4.79 Å². The van der Waals surface area contributed by atoms with Crippen LogP contribution < -0.4 is 5.32 Å². The Labute approximate surface area is 110 Å². The highest BCUT2D eigenvalue weighted by Crippen LogP contribution is 2.22. The molecule has 1 N–H and O–H groups in total. The summed E-state index contributed by atoms with van der Waals surface area (Å²) in [7, 11) is 0.